The summed E-state index contributed by atoms with van der Waals surface area (Å²) >= 11 is 1.60. The van der Waals surface area contributed by atoms with Crippen molar-refractivity contribution in [3.05, 3.63) is 12.7 Å². The van der Waals surface area contributed by atoms with Gasteiger partial charge in [0.15, 0.2) is 0 Å². The van der Waals surface area contributed by atoms with Crippen molar-refractivity contribution in [2.45, 2.75) is 6.04 Å². The number of thioether (sulfide) groups is 1. The van der Waals surface area contributed by atoms with Gasteiger partial charge in [-0.05, 0) is 0 Å². The highest BCUT2D eigenvalue weighted by Gasteiger charge is 2.34. The summed E-state index contributed by atoms with van der Waals surface area (Å²) in [6.45, 7) is 3.70. The summed E-state index contributed by atoms with van der Waals surface area (Å²) < 4.78 is 0. The maximum Gasteiger partial charge on any atom is 0.328 e. The monoisotopic (exact) mass is 287 g/mol. The molecule has 8 heteroatoms. The number of aliphatic carboxylic acids is 1. The minimum atomic E-state index is -1.13. The maximum atomic E-state index is 11.8. The molecule has 0 bridgehead atoms. The quantitative estimate of drug-likeness (QED) is 0.452. The van der Waals surface area contributed by atoms with Gasteiger partial charge in [0.05, 0.1) is 0 Å². The number of carboxylic acid groups (broad SMARTS) is 1. The molecule has 1 atom stereocenters. The Morgan fingerprint density at radius 3 is 3.00 bits per heavy atom. The first kappa shape index (κ1) is 15.4. The van der Waals surface area contributed by atoms with Gasteiger partial charge in [-0.1, -0.05) is 6.08 Å². The highest BCUT2D eigenvalue weighted by molar-refractivity contribution is 7.99. The van der Waals surface area contributed by atoms with E-state index in [0.717, 1.165) is 10.7 Å². The van der Waals surface area contributed by atoms with Crippen LogP contribution in [-0.4, -0.2) is 65.1 Å². The fourth-order valence-corrected chi connectivity index (χ4v) is 2.15. The molecule has 19 heavy (non-hydrogen) atoms. The lowest BCUT2D eigenvalue weighted by molar-refractivity contribution is -0.144. The molecule has 1 unspecified atom stereocenters. The standard InChI is InChI=1S/C11H17N3O4S/c1-2-4-19-5-3-12-11(18)14-7-9(15)13-6-8(14)10(16)17/h2,8H,1,3-7H2,(H,12,18)(H,13,15)(H,16,17). The van der Waals surface area contributed by atoms with Crippen molar-refractivity contribution in [1.29, 1.82) is 0 Å². The first-order valence-electron chi connectivity index (χ1n) is 5.79. The molecule has 0 aromatic heterocycles. The van der Waals surface area contributed by atoms with Crippen LogP contribution < -0.4 is 10.6 Å². The summed E-state index contributed by atoms with van der Waals surface area (Å²) in [5.74, 6) is 0.0137. The van der Waals surface area contributed by atoms with E-state index >= 15 is 0 Å². The van der Waals surface area contributed by atoms with Gasteiger partial charge in [0.25, 0.3) is 0 Å². The van der Waals surface area contributed by atoms with Crippen molar-refractivity contribution in [1.82, 2.24) is 15.5 Å². The van der Waals surface area contributed by atoms with E-state index < -0.39 is 18.0 Å². The topological polar surface area (TPSA) is 98.7 Å². The summed E-state index contributed by atoms with van der Waals surface area (Å²) in [6.07, 6.45) is 1.77. The predicted octanol–water partition coefficient (Wildman–Crippen LogP) is -0.500. The average molecular weight is 287 g/mol. The summed E-state index contributed by atoms with van der Waals surface area (Å²) in [4.78, 5) is 35.1. The molecular weight excluding hydrogens is 270 g/mol. The molecule has 1 saturated heterocycles. The van der Waals surface area contributed by atoms with E-state index in [1.54, 1.807) is 17.8 Å². The van der Waals surface area contributed by atoms with Crippen LogP contribution in [0.2, 0.25) is 0 Å². The van der Waals surface area contributed by atoms with E-state index in [0.29, 0.717) is 12.3 Å². The van der Waals surface area contributed by atoms with Crippen LogP contribution in [0.5, 0.6) is 0 Å². The molecule has 106 valence electrons. The molecule has 0 radical (unpaired) electrons. The molecular formula is C11H17N3O4S. The largest absolute Gasteiger partial charge is 0.480 e. The van der Waals surface area contributed by atoms with E-state index in [1.807, 2.05) is 0 Å². The number of hydrogen-bond donors (Lipinski definition) is 3. The molecule has 3 amide bonds. The number of urea groups is 1. The van der Waals surface area contributed by atoms with E-state index in [1.165, 1.54) is 0 Å². The number of rotatable bonds is 6. The molecule has 1 aliphatic rings. The lowest BCUT2D eigenvalue weighted by Gasteiger charge is -2.32. The Bertz CT molecular complexity index is 375. The molecule has 1 fully saturated rings. The van der Waals surface area contributed by atoms with Crippen molar-refractivity contribution in [3.63, 3.8) is 0 Å². The number of carbonyl (C=O) groups excluding carboxylic acids is 2. The van der Waals surface area contributed by atoms with Gasteiger partial charge >= 0.3 is 12.0 Å². The molecule has 3 N–H and O–H groups in total. The fourth-order valence-electron chi connectivity index (χ4n) is 1.57. The zero-order valence-corrected chi connectivity index (χ0v) is 11.2. The second-order valence-electron chi connectivity index (χ2n) is 3.88. The average Bonchev–Trinajstić information content (AvgIpc) is 2.37. The fraction of sp³-hybridized carbons (Fsp3) is 0.545. The summed E-state index contributed by atoms with van der Waals surface area (Å²) in [5.41, 5.74) is 0. The second-order valence-corrected chi connectivity index (χ2v) is 5.03. The van der Waals surface area contributed by atoms with Crippen LogP contribution in [0.25, 0.3) is 0 Å². The van der Waals surface area contributed by atoms with Crippen molar-refractivity contribution >= 4 is 29.7 Å². The third-order valence-corrected chi connectivity index (χ3v) is 3.45. The highest BCUT2D eigenvalue weighted by atomic mass is 32.2. The van der Waals surface area contributed by atoms with Gasteiger partial charge in [-0.3, -0.25) is 9.69 Å². The van der Waals surface area contributed by atoms with Crippen LogP contribution >= 0.6 is 11.8 Å². The van der Waals surface area contributed by atoms with Crippen LogP contribution in [-0.2, 0) is 9.59 Å². The van der Waals surface area contributed by atoms with Gasteiger partial charge in [-0.25, -0.2) is 9.59 Å². The molecule has 0 saturated carbocycles. The summed E-state index contributed by atoms with van der Waals surface area (Å²) in [6, 6.07) is -1.54. The van der Waals surface area contributed by atoms with Crippen molar-refractivity contribution in [2.24, 2.45) is 0 Å². The number of nitrogens with one attached hydrogen (secondary N) is 2. The lowest BCUT2D eigenvalue weighted by Crippen LogP contribution is -2.61. The molecule has 0 aliphatic carbocycles. The van der Waals surface area contributed by atoms with E-state index in [4.69, 9.17) is 5.11 Å². The van der Waals surface area contributed by atoms with Crippen LogP contribution in [0, 0.1) is 0 Å². The Kier molecular flexibility index (Phi) is 6.20. The Hall–Kier alpha value is -1.70. The van der Waals surface area contributed by atoms with Gasteiger partial charge < -0.3 is 15.7 Å². The zero-order valence-electron chi connectivity index (χ0n) is 10.4. The SMILES string of the molecule is C=CCSCCNC(=O)N1CC(=O)NCC1C(=O)O. The Morgan fingerprint density at radius 1 is 1.63 bits per heavy atom. The molecule has 0 spiro atoms. The van der Waals surface area contributed by atoms with Gasteiger partial charge in [-0.2, -0.15) is 11.8 Å². The Balaban J connectivity index is 2.44. The normalized spacial score (nSPS) is 18.6. The number of nitrogens with zero attached hydrogens (tertiary/aromatic N) is 1. The van der Waals surface area contributed by atoms with Crippen molar-refractivity contribution < 1.29 is 19.5 Å². The van der Waals surface area contributed by atoms with Crippen molar-refractivity contribution in [3.8, 4) is 0 Å². The summed E-state index contributed by atoms with van der Waals surface area (Å²) in [5, 5.41) is 14.0. The van der Waals surface area contributed by atoms with Crippen molar-refractivity contribution in [2.75, 3.05) is 31.1 Å². The van der Waals surface area contributed by atoms with E-state index in [-0.39, 0.29) is 19.0 Å². The van der Waals surface area contributed by atoms with Crippen LogP contribution in [0.3, 0.4) is 0 Å². The third kappa shape index (κ3) is 4.82. The molecule has 1 aliphatic heterocycles. The minimum absolute atomic E-state index is 0.0627. The van der Waals surface area contributed by atoms with Gasteiger partial charge in [-0.15, -0.1) is 6.58 Å². The minimum Gasteiger partial charge on any atom is -0.480 e. The number of piperazine rings is 1. The van der Waals surface area contributed by atoms with Gasteiger partial charge in [0, 0.05) is 24.6 Å². The van der Waals surface area contributed by atoms with Gasteiger partial charge in [0.1, 0.15) is 12.6 Å². The van der Waals surface area contributed by atoms with Gasteiger partial charge in [0.2, 0.25) is 5.91 Å². The maximum absolute atomic E-state index is 11.8. The van der Waals surface area contributed by atoms with Crippen LogP contribution in [0.15, 0.2) is 12.7 Å². The second kappa shape index (κ2) is 7.67. The highest BCUT2D eigenvalue weighted by Crippen LogP contribution is 2.05. The number of amides is 3. The number of hydrogen-bond acceptors (Lipinski definition) is 4. The Labute approximate surface area is 115 Å². The zero-order chi connectivity index (χ0) is 14.3. The lowest BCUT2D eigenvalue weighted by atomic mass is 10.2. The van der Waals surface area contributed by atoms with Crippen LogP contribution in [0.1, 0.15) is 0 Å². The molecule has 1 rings (SSSR count). The Morgan fingerprint density at radius 2 is 2.37 bits per heavy atom. The molecule has 0 aromatic carbocycles. The van der Waals surface area contributed by atoms with E-state index in [2.05, 4.69) is 17.2 Å². The van der Waals surface area contributed by atoms with Crippen LogP contribution in [0.4, 0.5) is 4.79 Å². The smallest absolute Gasteiger partial charge is 0.328 e. The molecule has 1 heterocycles. The number of carboxylic acids is 1. The number of carbonyl (C=O) groups is 3. The third-order valence-electron chi connectivity index (χ3n) is 2.49. The molecule has 0 aromatic rings. The summed E-state index contributed by atoms with van der Waals surface area (Å²) in [7, 11) is 0. The predicted molar refractivity (Wildman–Crippen MR) is 72.1 cm³/mol. The first-order chi connectivity index (χ1) is 9.06. The molecule has 7 nitrogen and oxygen atoms in total. The van der Waals surface area contributed by atoms with E-state index in [9.17, 15) is 14.4 Å². The first-order valence-corrected chi connectivity index (χ1v) is 6.94.